The molecule has 1 N–H and O–H groups in total. The van der Waals surface area contributed by atoms with Crippen molar-refractivity contribution in [3.63, 3.8) is 0 Å². The molecule has 1 aromatic carbocycles. The van der Waals surface area contributed by atoms with Crippen LogP contribution < -0.4 is 10.1 Å². The number of hydrogen-bond donors (Lipinski definition) is 1. The fourth-order valence-electron chi connectivity index (χ4n) is 2.29. The molecule has 118 valence electrons. The molecule has 1 aliphatic rings. The summed E-state index contributed by atoms with van der Waals surface area (Å²) in [5.41, 5.74) is 0. The molecule has 2 heterocycles. The van der Waals surface area contributed by atoms with Gasteiger partial charge in [0.2, 0.25) is 0 Å². The van der Waals surface area contributed by atoms with E-state index in [4.69, 9.17) is 9.26 Å². The van der Waals surface area contributed by atoms with E-state index in [0.717, 1.165) is 19.6 Å². The molecule has 1 unspecified atom stereocenters. The Bertz CT molecular complexity index is 652. The fraction of sp³-hybridized carbons (Fsp3) is 0.429. The molecular formula is C14H16BrFN4O2. The first-order valence-electron chi connectivity index (χ1n) is 6.95. The number of nitrogens with one attached hydrogen (secondary N) is 1. The number of halogens is 2. The predicted molar refractivity (Wildman–Crippen MR) is 81.0 cm³/mol. The molecule has 1 aliphatic heterocycles. The largest absolute Gasteiger partial charge is 0.483 e. The fourth-order valence-corrected chi connectivity index (χ4v) is 2.75. The number of nitrogens with zero attached hydrogens (tertiary/aromatic N) is 3. The van der Waals surface area contributed by atoms with Crippen LogP contribution in [0.5, 0.6) is 5.75 Å². The summed E-state index contributed by atoms with van der Waals surface area (Å²) in [6.07, 6.45) is 0. The van der Waals surface area contributed by atoms with Crippen molar-refractivity contribution in [3.05, 3.63) is 40.2 Å². The Balaban J connectivity index is 1.64. The minimum atomic E-state index is -0.327. The lowest BCUT2D eigenvalue weighted by Crippen LogP contribution is -2.44. The minimum absolute atomic E-state index is 0.101. The lowest BCUT2D eigenvalue weighted by Gasteiger charge is -2.30. The first-order chi connectivity index (χ1) is 10.6. The molecule has 8 heteroatoms. The zero-order chi connectivity index (χ0) is 15.5. The number of benzene rings is 1. The van der Waals surface area contributed by atoms with Crippen molar-refractivity contribution in [3.8, 4) is 5.75 Å². The smallest absolute Gasteiger partial charge is 0.264 e. The summed E-state index contributed by atoms with van der Waals surface area (Å²) in [6.45, 7) is 2.83. The molecule has 0 amide bonds. The number of aromatic nitrogens is 2. The molecule has 22 heavy (non-hydrogen) atoms. The van der Waals surface area contributed by atoms with Crippen LogP contribution in [-0.2, 0) is 6.61 Å². The molecule has 0 aliphatic carbocycles. The predicted octanol–water partition coefficient (Wildman–Crippen LogP) is 2.13. The topological polar surface area (TPSA) is 63.4 Å². The first-order valence-corrected chi connectivity index (χ1v) is 7.74. The van der Waals surface area contributed by atoms with E-state index in [1.165, 1.54) is 12.1 Å². The lowest BCUT2D eigenvalue weighted by atomic mass is 10.2. The van der Waals surface area contributed by atoms with Gasteiger partial charge in [0, 0.05) is 19.6 Å². The van der Waals surface area contributed by atoms with Crippen LogP contribution in [0.4, 0.5) is 4.39 Å². The summed E-state index contributed by atoms with van der Waals surface area (Å²) in [5.74, 6) is 1.24. The maximum Gasteiger partial charge on any atom is 0.264 e. The number of hydrogen-bond acceptors (Lipinski definition) is 6. The Kier molecular flexibility index (Phi) is 4.70. The molecule has 3 rings (SSSR count). The van der Waals surface area contributed by atoms with Crippen LogP contribution in [0.15, 0.2) is 27.2 Å². The van der Waals surface area contributed by atoms with Crippen LogP contribution in [-0.4, -0.2) is 41.7 Å². The van der Waals surface area contributed by atoms with E-state index in [1.807, 2.05) is 7.05 Å². The summed E-state index contributed by atoms with van der Waals surface area (Å²) in [6, 6.07) is 4.33. The van der Waals surface area contributed by atoms with E-state index >= 15 is 0 Å². The van der Waals surface area contributed by atoms with Crippen LogP contribution in [0.3, 0.4) is 0 Å². The summed E-state index contributed by atoms with van der Waals surface area (Å²) in [5, 5.41) is 7.33. The third-order valence-electron chi connectivity index (χ3n) is 3.54. The standard InChI is InChI=1S/C14H16BrFN4O2/c1-20-5-4-17-7-11(20)14-18-13(22-19-14)8-21-12-3-2-9(16)6-10(12)15/h2-3,6,11,17H,4-5,7-8H2,1H3. The summed E-state index contributed by atoms with van der Waals surface area (Å²) in [4.78, 5) is 6.56. The van der Waals surface area contributed by atoms with Gasteiger partial charge >= 0.3 is 0 Å². The van der Waals surface area contributed by atoms with Crippen molar-refractivity contribution >= 4 is 15.9 Å². The molecule has 2 aromatic rings. The Morgan fingerprint density at radius 2 is 2.41 bits per heavy atom. The van der Waals surface area contributed by atoms with Gasteiger partial charge in [-0.05, 0) is 41.2 Å². The summed E-state index contributed by atoms with van der Waals surface area (Å²) < 4.78 is 24.4. The van der Waals surface area contributed by atoms with E-state index in [-0.39, 0.29) is 18.5 Å². The van der Waals surface area contributed by atoms with E-state index in [0.29, 0.717) is 21.9 Å². The van der Waals surface area contributed by atoms with Gasteiger partial charge in [-0.2, -0.15) is 4.98 Å². The van der Waals surface area contributed by atoms with Crippen molar-refractivity contribution in [1.82, 2.24) is 20.4 Å². The van der Waals surface area contributed by atoms with Crippen molar-refractivity contribution < 1.29 is 13.7 Å². The Labute approximate surface area is 135 Å². The molecule has 1 atom stereocenters. The summed E-state index contributed by atoms with van der Waals surface area (Å²) >= 11 is 3.25. The highest BCUT2D eigenvalue weighted by Gasteiger charge is 2.25. The number of ether oxygens (including phenoxy) is 1. The SMILES string of the molecule is CN1CCNCC1c1noc(COc2ccc(F)cc2Br)n1. The first kappa shape index (κ1) is 15.4. The third-order valence-corrected chi connectivity index (χ3v) is 4.16. The van der Waals surface area contributed by atoms with Gasteiger partial charge in [0.15, 0.2) is 12.4 Å². The molecule has 1 aromatic heterocycles. The molecule has 0 spiro atoms. The van der Waals surface area contributed by atoms with E-state index in [9.17, 15) is 4.39 Å². The van der Waals surface area contributed by atoms with Crippen molar-refractivity contribution in [2.45, 2.75) is 12.6 Å². The Morgan fingerprint density at radius 3 is 3.18 bits per heavy atom. The number of likely N-dealkylation sites (N-methyl/N-ethyl adjacent to an activating group) is 1. The van der Waals surface area contributed by atoms with E-state index in [2.05, 4.69) is 36.3 Å². The average molecular weight is 371 g/mol. The zero-order valence-electron chi connectivity index (χ0n) is 12.1. The van der Waals surface area contributed by atoms with Crippen LogP contribution in [0.1, 0.15) is 17.8 Å². The molecule has 1 fully saturated rings. The van der Waals surface area contributed by atoms with Crippen molar-refractivity contribution in [1.29, 1.82) is 0 Å². The second kappa shape index (κ2) is 6.72. The Hall–Kier alpha value is -1.51. The molecule has 0 bridgehead atoms. The van der Waals surface area contributed by atoms with Crippen LogP contribution in [0.2, 0.25) is 0 Å². The maximum absolute atomic E-state index is 13.0. The quantitative estimate of drug-likeness (QED) is 0.889. The molecule has 0 radical (unpaired) electrons. The second-order valence-electron chi connectivity index (χ2n) is 5.11. The van der Waals surface area contributed by atoms with Crippen LogP contribution in [0, 0.1) is 5.82 Å². The third kappa shape index (κ3) is 3.45. The van der Waals surface area contributed by atoms with Gasteiger partial charge in [0.05, 0.1) is 10.5 Å². The van der Waals surface area contributed by atoms with E-state index in [1.54, 1.807) is 6.07 Å². The zero-order valence-corrected chi connectivity index (χ0v) is 13.6. The van der Waals surface area contributed by atoms with E-state index < -0.39 is 0 Å². The van der Waals surface area contributed by atoms with Gasteiger partial charge in [0.1, 0.15) is 11.6 Å². The number of rotatable bonds is 4. The lowest BCUT2D eigenvalue weighted by molar-refractivity contribution is 0.189. The van der Waals surface area contributed by atoms with Crippen molar-refractivity contribution in [2.24, 2.45) is 0 Å². The normalized spacial score (nSPS) is 19.3. The summed E-state index contributed by atoms with van der Waals surface area (Å²) in [7, 11) is 2.04. The number of piperazine rings is 1. The van der Waals surface area contributed by atoms with Gasteiger partial charge < -0.3 is 14.6 Å². The highest BCUT2D eigenvalue weighted by molar-refractivity contribution is 9.10. The van der Waals surface area contributed by atoms with Gasteiger partial charge in [-0.3, -0.25) is 4.90 Å². The van der Waals surface area contributed by atoms with Gasteiger partial charge in [-0.1, -0.05) is 5.16 Å². The molecular weight excluding hydrogens is 355 g/mol. The molecule has 6 nitrogen and oxygen atoms in total. The average Bonchev–Trinajstić information content (AvgIpc) is 2.95. The monoisotopic (exact) mass is 370 g/mol. The minimum Gasteiger partial charge on any atom is -0.483 e. The van der Waals surface area contributed by atoms with Gasteiger partial charge in [-0.15, -0.1) is 0 Å². The van der Waals surface area contributed by atoms with Gasteiger partial charge in [-0.25, -0.2) is 4.39 Å². The van der Waals surface area contributed by atoms with Crippen LogP contribution >= 0.6 is 15.9 Å². The molecule has 0 saturated carbocycles. The Morgan fingerprint density at radius 1 is 1.55 bits per heavy atom. The van der Waals surface area contributed by atoms with Crippen molar-refractivity contribution in [2.75, 3.05) is 26.7 Å². The van der Waals surface area contributed by atoms with Crippen LogP contribution in [0.25, 0.3) is 0 Å². The highest BCUT2D eigenvalue weighted by Crippen LogP contribution is 2.26. The highest BCUT2D eigenvalue weighted by atomic mass is 79.9. The second-order valence-corrected chi connectivity index (χ2v) is 5.96. The maximum atomic E-state index is 13.0. The molecule has 1 saturated heterocycles. The van der Waals surface area contributed by atoms with Gasteiger partial charge in [0.25, 0.3) is 5.89 Å².